The zero-order chi connectivity index (χ0) is 27.2. The number of hydrogen-bond acceptors (Lipinski definition) is 4. The van der Waals surface area contributed by atoms with E-state index in [-0.39, 0.29) is 23.4 Å². The van der Waals surface area contributed by atoms with Crippen LogP contribution in [0.4, 0.5) is 10.1 Å². The molecule has 0 unspecified atom stereocenters. The third-order valence-electron chi connectivity index (χ3n) is 5.76. The molecular formula is C28H32FN3O4S. The van der Waals surface area contributed by atoms with Gasteiger partial charge in [0.25, 0.3) is 10.0 Å². The Hall–Kier alpha value is -3.72. The Bertz CT molecular complexity index is 1330. The van der Waals surface area contributed by atoms with Crippen molar-refractivity contribution in [1.29, 1.82) is 0 Å². The molecule has 2 amide bonds. The number of benzene rings is 3. The largest absolute Gasteiger partial charge is 0.352 e. The van der Waals surface area contributed by atoms with Gasteiger partial charge in [0.1, 0.15) is 18.4 Å². The second kappa shape index (κ2) is 12.0. The Balaban J connectivity index is 2.01. The van der Waals surface area contributed by atoms with Crippen molar-refractivity contribution in [2.75, 3.05) is 10.8 Å². The minimum absolute atomic E-state index is 0.00115. The van der Waals surface area contributed by atoms with E-state index in [0.29, 0.717) is 11.3 Å². The van der Waals surface area contributed by atoms with Gasteiger partial charge in [-0.25, -0.2) is 12.8 Å². The zero-order valence-corrected chi connectivity index (χ0v) is 22.2. The van der Waals surface area contributed by atoms with Crippen molar-refractivity contribution in [3.8, 4) is 0 Å². The van der Waals surface area contributed by atoms with Crippen LogP contribution in [0.15, 0.2) is 83.8 Å². The number of halogens is 1. The van der Waals surface area contributed by atoms with Gasteiger partial charge in [0, 0.05) is 12.6 Å². The van der Waals surface area contributed by atoms with Crippen molar-refractivity contribution < 1.29 is 22.4 Å². The van der Waals surface area contributed by atoms with Crippen molar-refractivity contribution >= 4 is 27.5 Å². The summed E-state index contributed by atoms with van der Waals surface area (Å²) in [5, 5.41) is 2.80. The molecule has 0 radical (unpaired) electrons. The Morgan fingerprint density at radius 3 is 2.16 bits per heavy atom. The quantitative estimate of drug-likeness (QED) is 0.428. The number of carbonyl (C=O) groups is 2. The van der Waals surface area contributed by atoms with Gasteiger partial charge in [0.15, 0.2) is 0 Å². The van der Waals surface area contributed by atoms with Crippen LogP contribution in [0, 0.1) is 12.7 Å². The highest BCUT2D eigenvalue weighted by molar-refractivity contribution is 7.92. The Morgan fingerprint density at radius 2 is 1.57 bits per heavy atom. The highest BCUT2D eigenvalue weighted by Crippen LogP contribution is 2.25. The first-order valence-corrected chi connectivity index (χ1v) is 13.4. The number of nitrogens with zero attached hydrogens (tertiary/aromatic N) is 2. The van der Waals surface area contributed by atoms with E-state index in [0.717, 1.165) is 9.87 Å². The second-order valence-electron chi connectivity index (χ2n) is 9.15. The maximum absolute atomic E-state index is 13.8. The van der Waals surface area contributed by atoms with Crippen LogP contribution in [-0.4, -0.2) is 43.8 Å². The standard InChI is InChI=1S/C28H32FN3O4S/c1-20(2)30-28(34)22(4)31(18-23-13-15-24(29)16-14-23)27(33)19-32(25-10-8-9-21(3)17-25)37(35,36)26-11-6-5-7-12-26/h5-17,20,22H,18-19H2,1-4H3,(H,30,34)/t22-/m1/s1. The topological polar surface area (TPSA) is 86.8 Å². The van der Waals surface area contributed by atoms with E-state index in [1.807, 2.05) is 26.8 Å². The summed E-state index contributed by atoms with van der Waals surface area (Å²) in [7, 11) is -4.11. The van der Waals surface area contributed by atoms with Crippen LogP contribution in [-0.2, 0) is 26.2 Å². The van der Waals surface area contributed by atoms with Gasteiger partial charge in [-0.15, -0.1) is 0 Å². The molecular weight excluding hydrogens is 493 g/mol. The van der Waals surface area contributed by atoms with Crippen LogP contribution in [0.1, 0.15) is 31.9 Å². The Kier molecular flexibility index (Phi) is 9.04. The van der Waals surface area contributed by atoms with Crippen molar-refractivity contribution in [3.05, 3.63) is 95.8 Å². The summed E-state index contributed by atoms with van der Waals surface area (Å²) in [5.41, 5.74) is 1.76. The molecule has 0 spiro atoms. The highest BCUT2D eigenvalue weighted by atomic mass is 32.2. The molecule has 0 aliphatic rings. The minimum Gasteiger partial charge on any atom is -0.352 e. The Morgan fingerprint density at radius 1 is 0.919 bits per heavy atom. The lowest BCUT2D eigenvalue weighted by molar-refractivity contribution is -0.139. The van der Waals surface area contributed by atoms with E-state index in [2.05, 4.69) is 5.32 Å². The number of aryl methyl sites for hydroxylation is 1. The molecule has 0 aromatic heterocycles. The lowest BCUT2D eigenvalue weighted by atomic mass is 10.1. The van der Waals surface area contributed by atoms with Gasteiger partial charge >= 0.3 is 0 Å². The number of carbonyl (C=O) groups excluding carboxylic acids is 2. The molecule has 3 aromatic rings. The normalized spacial score (nSPS) is 12.2. The third kappa shape index (κ3) is 7.16. The van der Waals surface area contributed by atoms with Crippen LogP contribution in [0.25, 0.3) is 0 Å². The average Bonchev–Trinajstić information content (AvgIpc) is 2.86. The first-order valence-electron chi connectivity index (χ1n) is 12.0. The van der Waals surface area contributed by atoms with Gasteiger partial charge in [-0.3, -0.25) is 13.9 Å². The molecule has 0 aliphatic carbocycles. The van der Waals surface area contributed by atoms with E-state index in [1.165, 1.54) is 41.3 Å². The summed E-state index contributed by atoms with van der Waals surface area (Å²) in [5.74, 6) is -1.37. The number of sulfonamides is 1. The van der Waals surface area contributed by atoms with Crippen molar-refractivity contribution in [2.45, 2.75) is 51.2 Å². The summed E-state index contributed by atoms with van der Waals surface area (Å²) in [6, 6.07) is 19.3. The highest BCUT2D eigenvalue weighted by Gasteiger charge is 2.32. The van der Waals surface area contributed by atoms with Crippen molar-refractivity contribution in [2.24, 2.45) is 0 Å². The number of anilines is 1. The Labute approximate surface area is 218 Å². The van der Waals surface area contributed by atoms with E-state index in [1.54, 1.807) is 43.3 Å². The van der Waals surface area contributed by atoms with Gasteiger partial charge in [-0.1, -0.05) is 42.5 Å². The number of nitrogens with one attached hydrogen (secondary N) is 1. The monoisotopic (exact) mass is 525 g/mol. The summed E-state index contributed by atoms with van der Waals surface area (Å²) < 4.78 is 41.9. The smallest absolute Gasteiger partial charge is 0.264 e. The fourth-order valence-corrected chi connectivity index (χ4v) is 5.23. The first-order chi connectivity index (χ1) is 17.5. The molecule has 9 heteroatoms. The third-order valence-corrected chi connectivity index (χ3v) is 7.55. The minimum atomic E-state index is -4.11. The van der Waals surface area contributed by atoms with E-state index in [4.69, 9.17) is 0 Å². The van der Waals surface area contributed by atoms with Gasteiger partial charge < -0.3 is 10.2 Å². The molecule has 1 N–H and O–H groups in total. The van der Waals surface area contributed by atoms with Crippen LogP contribution in [0.3, 0.4) is 0 Å². The molecule has 3 aromatic carbocycles. The predicted octanol–water partition coefficient (Wildman–Crippen LogP) is 4.27. The molecule has 196 valence electrons. The average molecular weight is 526 g/mol. The number of rotatable bonds is 10. The fourth-order valence-electron chi connectivity index (χ4n) is 3.81. The van der Waals surface area contributed by atoms with Gasteiger partial charge in [0.2, 0.25) is 11.8 Å². The molecule has 1 atom stereocenters. The molecule has 7 nitrogen and oxygen atoms in total. The van der Waals surface area contributed by atoms with Crippen LogP contribution >= 0.6 is 0 Å². The van der Waals surface area contributed by atoms with Crippen molar-refractivity contribution in [3.63, 3.8) is 0 Å². The molecule has 3 rings (SSSR count). The lowest BCUT2D eigenvalue weighted by Crippen LogP contribution is -2.52. The second-order valence-corrected chi connectivity index (χ2v) is 11.0. The fraction of sp³-hybridized carbons (Fsp3) is 0.286. The first kappa shape index (κ1) is 27.9. The summed E-state index contributed by atoms with van der Waals surface area (Å²) in [4.78, 5) is 28.0. The van der Waals surface area contributed by atoms with Crippen molar-refractivity contribution in [1.82, 2.24) is 10.2 Å². The molecule has 0 saturated heterocycles. The molecule has 0 saturated carbocycles. The van der Waals surface area contributed by atoms with Gasteiger partial charge in [-0.2, -0.15) is 0 Å². The van der Waals surface area contributed by atoms with E-state index >= 15 is 0 Å². The summed E-state index contributed by atoms with van der Waals surface area (Å²) in [6.45, 7) is 6.50. The zero-order valence-electron chi connectivity index (χ0n) is 21.4. The van der Waals surface area contributed by atoms with Gasteiger partial charge in [-0.05, 0) is 75.2 Å². The predicted molar refractivity (Wildman–Crippen MR) is 142 cm³/mol. The molecule has 0 aliphatic heterocycles. The maximum Gasteiger partial charge on any atom is 0.264 e. The van der Waals surface area contributed by atoms with Crippen LogP contribution < -0.4 is 9.62 Å². The summed E-state index contributed by atoms with van der Waals surface area (Å²) in [6.07, 6.45) is 0. The van der Waals surface area contributed by atoms with E-state index in [9.17, 15) is 22.4 Å². The SMILES string of the molecule is Cc1cccc(N(CC(=O)N(Cc2ccc(F)cc2)[C@H](C)C(=O)NC(C)C)S(=O)(=O)c2ccccc2)c1. The maximum atomic E-state index is 13.8. The summed E-state index contributed by atoms with van der Waals surface area (Å²) >= 11 is 0. The van der Waals surface area contributed by atoms with Crippen LogP contribution in [0.2, 0.25) is 0 Å². The van der Waals surface area contributed by atoms with Gasteiger partial charge in [0.05, 0.1) is 10.6 Å². The molecule has 0 bridgehead atoms. The van der Waals surface area contributed by atoms with E-state index < -0.39 is 34.3 Å². The lowest BCUT2D eigenvalue weighted by Gasteiger charge is -2.32. The molecule has 0 fully saturated rings. The number of amides is 2. The molecule has 0 heterocycles. The number of hydrogen-bond donors (Lipinski definition) is 1. The van der Waals surface area contributed by atoms with Crippen LogP contribution in [0.5, 0.6) is 0 Å². The molecule has 37 heavy (non-hydrogen) atoms.